The van der Waals surface area contributed by atoms with E-state index in [1.807, 2.05) is 12.1 Å². The van der Waals surface area contributed by atoms with Crippen LogP contribution in [-0.2, 0) is 33.9 Å². The van der Waals surface area contributed by atoms with E-state index in [-0.39, 0.29) is 17.5 Å². The number of benzene rings is 1. The summed E-state index contributed by atoms with van der Waals surface area (Å²) >= 11 is 0. The zero-order valence-electron chi connectivity index (χ0n) is 25.2. The van der Waals surface area contributed by atoms with Crippen LogP contribution in [0.3, 0.4) is 0 Å². The highest BCUT2D eigenvalue weighted by atomic mass is 16.6. The van der Waals surface area contributed by atoms with Crippen molar-refractivity contribution in [2.75, 3.05) is 33.5 Å². The SMILES string of the molecule is COc1c(C(=O)O)cnn1-c1cccc(C2=CCCC(C)=C2OCc2cc(C)c3c(c2C)CN(CC2COCCO2)C3)n1. The number of rotatable bonds is 9. The summed E-state index contributed by atoms with van der Waals surface area (Å²) in [5, 5.41) is 13.7. The molecule has 2 aromatic heterocycles. The summed E-state index contributed by atoms with van der Waals surface area (Å²) in [5.74, 6) is 0.313. The van der Waals surface area contributed by atoms with Gasteiger partial charge in [-0.05, 0) is 79.1 Å². The Morgan fingerprint density at radius 1 is 1.16 bits per heavy atom. The maximum absolute atomic E-state index is 11.6. The van der Waals surface area contributed by atoms with Gasteiger partial charge in [-0.1, -0.05) is 18.2 Å². The Balaban J connectivity index is 1.21. The van der Waals surface area contributed by atoms with Crippen LogP contribution < -0.4 is 4.74 Å². The number of aromatic nitrogens is 3. The van der Waals surface area contributed by atoms with Crippen molar-refractivity contribution < 1.29 is 28.8 Å². The minimum absolute atomic E-state index is 0.0224. The fraction of sp³-hybridized carbons (Fsp3) is 0.424. The van der Waals surface area contributed by atoms with Gasteiger partial charge in [0, 0.05) is 25.2 Å². The molecule has 1 aromatic carbocycles. The summed E-state index contributed by atoms with van der Waals surface area (Å²) in [6.45, 7) is 11.7. The highest BCUT2D eigenvalue weighted by molar-refractivity contribution is 5.90. The topological polar surface area (TPSA) is 108 Å². The van der Waals surface area contributed by atoms with Gasteiger partial charge < -0.3 is 24.1 Å². The number of carboxylic acids is 1. The van der Waals surface area contributed by atoms with Gasteiger partial charge in [-0.3, -0.25) is 4.90 Å². The van der Waals surface area contributed by atoms with E-state index >= 15 is 0 Å². The molecule has 0 amide bonds. The van der Waals surface area contributed by atoms with Gasteiger partial charge in [-0.2, -0.15) is 9.78 Å². The zero-order valence-corrected chi connectivity index (χ0v) is 25.2. The Labute approximate surface area is 251 Å². The molecule has 43 heavy (non-hydrogen) atoms. The molecule has 226 valence electrons. The Morgan fingerprint density at radius 2 is 2.00 bits per heavy atom. The summed E-state index contributed by atoms with van der Waals surface area (Å²) in [4.78, 5) is 18.9. The number of methoxy groups -OCH3 is 1. The minimum Gasteiger partial charge on any atom is -0.488 e. The largest absolute Gasteiger partial charge is 0.488 e. The van der Waals surface area contributed by atoms with E-state index in [2.05, 4.69) is 42.9 Å². The standard InChI is InChI=1S/C33H38N4O6/c1-20-7-5-8-25(29-9-6-10-30(35-29)37-32(40-4)26(14-34-37)33(38)39)31(20)43-18-23-13-21(2)27-16-36(17-28(27)22(23)3)15-24-19-41-11-12-42-24/h6,8-10,13-14,24H,5,7,11-12,15-19H2,1-4H3,(H,38,39). The molecule has 6 rings (SSSR count). The van der Waals surface area contributed by atoms with Crippen molar-refractivity contribution in [2.45, 2.75) is 59.4 Å². The number of hydrogen-bond acceptors (Lipinski definition) is 8. The molecule has 0 spiro atoms. The van der Waals surface area contributed by atoms with Crippen molar-refractivity contribution in [1.82, 2.24) is 19.7 Å². The highest BCUT2D eigenvalue weighted by Gasteiger charge is 2.28. The van der Waals surface area contributed by atoms with Crippen LogP contribution in [0, 0.1) is 13.8 Å². The molecule has 1 atom stereocenters. The third kappa shape index (κ3) is 5.82. The van der Waals surface area contributed by atoms with Gasteiger partial charge in [-0.15, -0.1) is 0 Å². The number of fused-ring (bicyclic) bond motifs is 1. The molecule has 1 aliphatic carbocycles. The van der Waals surface area contributed by atoms with E-state index in [4.69, 9.17) is 23.9 Å². The van der Waals surface area contributed by atoms with Gasteiger partial charge in [0.15, 0.2) is 5.82 Å². The molecule has 2 aliphatic heterocycles. The summed E-state index contributed by atoms with van der Waals surface area (Å²) in [6, 6.07) is 7.86. The second-order valence-corrected chi connectivity index (χ2v) is 11.4. The molecule has 10 nitrogen and oxygen atoms in total. The smallest absolute Gasteiger partial charge is 0.342 e. The van der Waals surface area contributed by atoms with Crippen molar-refractivity contribution in [1.29, 1.82) is 0 Å². The first kappa shape index (κ1) is 29.1. The quantitative estimate of drug-likeness (QED) is 0.371. The van der Waals surface area contributed by atoms with Crippen molar-refractivity contribution in [3.8, 4) is 11.7 Å². The molecule has 1 unspecified atom stereocenters. The third-order valence-electron chi connectivity index (χ3n) is 8.52. The second-order valence-electron chi connectivity index (χ2n) is 11.4. The van der Waals surface area contributed by atoms with Crippen LogP contribution in [0.5, 0.6) is 5.88 Å². The van der Waals surface area contributed by atoms with Gasteiger partial charge >= 0.3 is 5.97 Å². The lowest BCUT2D eigenvalue weighted by Crippen LogP contribution is -2.37. The fourth-order valence-corrected chi connectivity index (χ4v) is 6.24. The van der Waals surface area contributed by atoms with Crippen molar-refractivity contribution in [2.24, 2.45) is 0 Å². The summed E-state index contributed by atoms with van der Waals surface area (Å²) in [6.07, 6.45) is 5.35. The van der Waals surface area contributed by atoms with E-state index < -0.39 is 5.97 Å². The van der Waals surface area contributed by atoms with Crippen LogP contribution in [0.25, 0.3) is 11.4 Å². The van der Waals surface area contributed by atoms with Crippen LogP contribution in [-0.4, -0.2) is 70.3 Å². The third-order valence-corrected chi connectivity index (χ3v) is 8.52. The second kappa shape index (κ2) is 12.3. The van der Waals surface area contributed by atoms with Crippen LogP contribution in [0.1, 0.15) is 63.6 Å². The lowest BCUT2D eigenvalue weighted by molar-refractivity contribution is -0.0980. The minimum atomic E-state index is -1.11. The maximum atomic E-state index is 11.6. The summed E-state index contributed by atoms with van der Waals surface area (Å²) in [5.41, 5.74) is 9.36. The Kier molecular flexibility index (Phi) is 8.34. The van der Waals surface area contributed by atoms with Crippen LogP contribution in [0.4, 0.5) is 0 Å². The lowest BCUT2D eigenvalue weighted by atomic mass is 9.94. The van der Waals surface area contributed by atoms with E-state index in [1.165, 1.54) is 51.4 Å². The number of aryl methyl sites for hydroxylation is 1. The molecule has 1 fully saturated rings. The number of nitrogens with zero attached hydrogens (tertiary/aromatic N) is 4. The van der Waals surface area contributed by atoms with Gasteiger partial charge in [0.05, 0.1) is 44.9 Å². The average molecular weight is 587 g/mol. The van der Waals surface area contributed by atoms with E-state index in [1.54, 1.807) is 6.07 Å². The van der Waals surface area contributed by atoms with Gasteiger partial charge in [0.25, 0.3) is 0 Å². The molecule has 4 heterocycles. The number of aromatic carboxylic acids is 1. The first-order valence-corrected chi connectivity index (χ1v) is 14.7. The van der Waals surface area contributed by atoms with Crippen molar-refractivity contribution in [3.05, 3.63) is 86.9 Å². The number of hydrogen-bond donors (Lipinski definition) is 1. The molecule has 3 aliphatic rings. The van der Waals surface area contributed by atoms with Crippen molar-refractivity contribution in [3.63, 3.8) is 0 Å². The highest BCUT2D eigenvalue weighted by Crippen LogP contribution is 2.36. The number of ether oxygens (including phenoxy) is 4. The normalized spacial score (nSPS) is 18.9. The molecular formula is C33H38N4O6. The molecular weight excluding hydrogens is 548 g/mol. The first-order chi connectivity index (χ1) is 20.8. The molecule has 10 heteroatoms. The maximum Gasteiger partial charge on any atom is 0.342 e. The number of allylic oxidation sites excluding steroid dienone is 3. The van der Waals surface area contributed by atoms with Crippen molar-refractivity contribution >= 4 is 11.5 Å². The number of carboxylic acid groups (broad SMARTS) is 1. The first-order valence-electron chi connectivity index (χ1n) is 14.7. The van der Waals surface area contributed by atoms with Crippen LogP contribution in [0.15, 0.2) is 47.9 Å². The Morgan fingerprint density at radius 3 is 2.77 bits per heavy atom. The lowest BCUT2D eigenvalue weighted by Gasteiger charge is -2.27. The van der Waals surface area contributed by atoms with E-state index in [9.17, 15) is 9.90 Å². The molecule has 3 aromatic rings. The predicted molar refractivity (Wildman–Crippen MR) is 160 cm³/mol. The molecule has 0 radical (unpaired) electrons. The average Bonchev–Trinajstić information content (AvgIpc) is 3.64. The van der Waals surface area contributed by atoms with Gasteiger partial charge in [0.2, 0.25) is 5.88 Å². The van der Waals surface area contributed by atoms with Gasteiger partial charge in [0.1, 0.15) is 17.9 Å². The van der Waals surface area contributed by atoms with Crippen LogP contribution in [0.2, 0.25) is 0 Å². The fourth-order valence-electron chi connectivity index (χ4n) is 6.24. The Bertz CT molecular complexity index is 1600. The Hall–Kier alpha value is -3.99. The summed E-state index contributed by atoms with van der Waals surface area (Å²) < 4.78 is 24.9. The zero-order chi connectivity index (χ0) is 30.1. The molecule has 0 saturated carbocycles. The molecule has 1 N–H and O–H groups in total. The predicted octanol–water partition coefficient (Wildman–Crippen LogP) is 4.99. The monoisotopic (exact) mass is 586 g/mol. The summed E-state index contributed by atoms with van der Waals surface area (Å²) in [7, 11) is 1.42. The van der Waals surface area contributed by atoms with E-state index in [0.717, 1.165) is 49.5 Å². The molecule has 1 saturated heterocycles. The van der Waals surface area contributed by atoms with Gasteiger partial charge in [-0.25, -0.2) is 9.78 Å². The number of pyridine rings is 1. The van der Waals surface area contributed by atoms with E-state index in [0.29, 0.717) is 32.2 Å². The molecule has 0 bridgehead atoms. The number of carbonyl (C=O) groups is 1. The van der Waals surface area contributed by atoms with Crippen LogP contribution >= 0.6 is 0 Å².